The largest absolute Gasteiger partial charge is 0.443 e. The van der Waals surface area contributed by atoms with Crippen LogP contribution in [0.15, 0.2) is 54.9 Å². The minimum atomic E-state index is -0.527. The van der Waals surface area contributed by atoms with Crippen molar-refractivity contribution in [3.05, 3.63) is 66.0 Å². The first kappa shape index (κ1) is 19.8. The van der Waals surface area contributed by atoms with Gasteiger partial charge < -0.3 is 4.74 Å². The molecule has 1 unspecified atom stereocenters. The molecular formula is C25H28N4O2. The fourth-order valence-corrected chi connectivity index (χ4v) is 4.54. The number of H-pyrrole nitrogens is 1. The highest BCUT2D eigenvalue weighted by atomic mass is 16.6. The first-order valence-corrected chi connectivity index (χ1v) is 10.8. The van der Waals surface area contributed by atoms with Crippen molar-refractivity contribution in [3.63, 3.8) is 0 Å². The van der Waals surface area contributed by atoms with Gasteiger partial charge in [0, 0.05) is 30.1 Å². The van der Waals surface area contributed by atoms with Crippen molar-refractivity contribution in [2.24, 2.45) is 0 Å². The van der Waals surface area contributed by atoms with Gasteiger partial charge in [0.1, 0.15) is 5.60 Å². The first-order valence-electron chi connectivity index (χ1n) is 10.8. The van der Waals surface area contributed by atoms with Gasteiger partial charge >= 0.3 is 6.09 Å². The van der Waals surface area contributed by atoms with Gasteiger partial charge in [-0.2, -0.15) is 5.10 Å². The summed E-state index contributed by atoms with van der Waals surface area (Å²) in [5, 5.41) is 9.46. The summed E-state index contributed by atoms with van der Waals surface area (Å²) in [6, 6.07) is 14.7. The molecule has 1 aliphatic rings. The van der Waals surface area contributed by atoms with Gasteiger partial charge in [-0.15, -0.1) is 0 Å². The highest BCUT2D eigenvalue weighted by Gasteiger charge is 2.26. The van der Waals surface area contributed by atoms with Crippen LogP contribution in [0.3, 0.4) is 0 Å². The van der Waals surface area contributed by atoms with Crippen molar-refractivity contribution in [2.45, 2.75) is 45.3 Å². The Morgan fingerprint density at radius 1 is 1.23 bits per heavy atom. The number of aromatic nitrogens is 3. The van der Waals surface area contributed by atoms with Crippen LogP contribution in [0.25, 0.3) is 21.8 Å². The topological polar surface area (TPSA) is 63.1 Å². The molecule has 0 bridgehead atoms. The van der Waals surface area contributed by atoms with Crippen molar-refractivity contribution in [1.29, 1.82) is 0 Å². The number of rotatable bonds is 3. The summed E-state index contributed by atoms with van der Waals surface area (Å²) in [5.41, 5.74) is 3.98. The molecule has 0 aliphatic carbocycles. The van der Waals surface area contributed by atoms with Crippen LogP contribution < -0.4 is 0 Å². The van der Waals surface area contributed by atoms with Crippen LogP contribution in [0.1, 0.15) is 44.2 Å². The molecule has 6 nitrogen and oxygen atoms in total. The lowest BCUT2D eigenvalue weighted by atomic mass is 9.97. The zero-order valence-corrected chi connectivity index (χ0v) is 18.3. The Kier molecular flexibility index (Phi) is 4.82. The maximum Gasteiger partial charge on any atom is 0.419 e. The number of nitrogens with one attached hydrogen (secondary N) is 1. The third-order valence-corrected chi connectivity index (χ3v) is 5.99. The van der Waals surface area contributed by atoms with E-state index in [2.05, 4.69) is 39.4 Å². The maximum atomic E-state index is 12.8. The normalized spacial score (nSPS) is 17.6. The Hall–Kier alpha value is -3.12. The number of fused-ring (bicyclic) bond motifs is 2. The van der Waals surface area contributed by atoms with E-state index in [9.17, 15) is 4.79 Å². The number of aromatic amines is 1. The number of carbonyl (C=O) groups is 1. The van der Waals surface area contributed by atoms with Crippen molar-refractivity contribution >= 4 is 27.9 Å². The van der Waals surface area contributed by atoms with Gasteiger partial charge in [0.15, 0.2) is 0 Å². The highest BCUT2D eigenvalue weighted by molar-refractivity contribution is 5.92. The van der Waals surface area contributed by atoms with E-state index in [-0.39, 0.29) is 6.09 Å². The Morgan fingerprint density at radius 3 is 2.90 bits per heavy atom. The lowest BCUT2D eigenvalue weighted by Gasteiger charge is -2.19. The minimum absolute atomic E-state index is 0.331. The monoisotopic (exact) mass is 416 g/mol. The van der Waals surface area contributed by atoms with E-state index in [1.54, 1.807) is 4.57 Å². The average Bonchev–Trinajstić information content (AvgIpc) is 3.45. The molecule has 1 saturated heterocycles. The van der Waals surface area contributed by atoms with Crippen LogP contribution in [0.5, 0.6) is 0 Å². The highest BCUT2D eigenvalue weighted by Crippen LogP contribution is 2.31. The summed E-state index contributed by atoms with van der Waals surface area (Å²) in [7, 11) is 0. The average molecular weight is 417 g/mol. The molecule has 1 fully saturated rings. The molecule has 0 radical (unpaired) electrons. The molecule has 1 N–H and O–H groups in total. The molecule has 0 spiro atoms. The second-order valence-corrected chi connectivity index (χ2v) is 9.46. The van der Waals surface area contributed by atoms with Crippen LogP contribution in [0, 0.1) is 0 Å². The van der Waals surface area contributed by atoms with E-state index in [4.69, 9.17) is 4.74 Å². The Labute approximate surface area is 181 Å². The SMILES string of the molecule is CC(C)(C)OC(=O)n1cc(CN2CCC(c3ccc4cn[nH]c4c3)C2)c2ccccc21. The van der Waals surface area contributed by atoms with Crippen LogP contribution in [-0.4, -0.2) is 44.4 Å². The van der Waals surface area contributed by atoms with E-state index in [0.717, 1.165) is 53.4 Å². The smallest absolute Gasteiger partial charge is 0.419 e. The number of para-hydroxylation sites is 1. The second-order valence-electron chi connectivity index (χ2n) is 9.46. The van der Waals surface area contributed by atoms with E-state index in [1.165, 1.54) is 5.56 Å². The predicted octanol–water partition coefficient (Wildman–Crippen LogP) is 5.29. The number of nitrogens with zero attached hydrogens (tertiary/aromatic N) is 3. The number of benzene rings is 2. The van der Waals surface area contributed by atoms with Gasteiger partial charge in [-0.1, -0.05) is 30.3 Å². The molecule has 2 aromatic carbocycles. The van der Waals surface area contributed by atoms with Crippen molar-refractivity contribution in [2.75, 3.05) is 13.1 Å². The van der Waals surface area contributed by atoms with Gasteiger partial charge in [0.25, 0.3) is 0 Å². The molecule has 31 heavy (non-hydrogen) atoms. The van der Waals surface area contributed by atoms with Gasteiger partial charge in [-0.05, 0) is 62.9 Å². The zero-order valence-electron chi connectivity index (χ0n) is 18.3. The van der Waals surface area contributed by atoms with E-state index < -0.39 is 5.60 Å². The third-order valence-electron chi connectivity index (χ3n) is 5.99. The molecule has 1 aliphatic heterocycles. The fourth-order valence-electron chi connectivity index (χ4n) is 4.54. The summed E-state index contributed by atoms with van der Waals surface area (Å²) in [6.45, 7) is 8.54. The standard InChI is InChI=1S/C25H28N4O2/c1-25(2,3)31-24(30)29-16-20(21-6-4-5-7-23(21)29)15-28-11-10-19(14-28)17-8-9-18-13-26-27-22(18)12-17/h4-9,12-13,16,19H,10-11,14-15H2,1-3H3,(H,26,27). The van der Waals surface area contributed by atoms with Gasteiger partial charge in [0.2, 0.25) is 0 Å². The van der Waals surface area contributed by atoms with Crippen LogP contribution in [0.2, 0.25) is 0 Å². The lowest BCUT2D eigenvalue weighted by Crippen LogP contribution is -2.26. The molecule has 0 saturated carbocycles. The maximum absolute atomic E-state index is 12.8. The van der Waals surface area contributed by atoms with E-state index in [1.807, 2.05) is 51.4 Å². The van der Waals surface area contributed by atoms with Gasteiger partial charge in [-0.25, -0.2) is 4.79 Å². The van der Waals surface area contributed by atoms with Crippen LogP contribution in [0.4, 0.5) is 4.79 Å². The first-order chi connectivity index (χ1) is 14.9. The molecule has 6 heteroatoms. The Morgan fingerprint density at radius 2 is 2.06 bits per heavy atom. The minimum Gasteiger partial charge on any atom is -0.443 e. The summed E-state index contributed by atoms with van der Waals surface area (Å²) in [6.07, 6.45) is 4.61. The number of carbonyl (C=O) groups excluding carboxylic acids is 1. The predicted molar refractivity (Wildman–Crippen MR) is 122 cm³/mol. The van der Waals surface area contributed by atoms with Crippen LogP contribution in [-0.2, 0) is 11.3 Å². The molecule has 4 aromatic rings. The summed E-state index contributed by atoms with van der Waals surface area (Å²) in [5.74, 6) is 0.506. The number of ether oxygens (including phenoxy) is 1. The molecule has 0 amide bonds. The molecule has 1 atom stereocenters. The molecule has 160 valence electrons. The summed E-state index contributed by atoms with van der Waals surface area (Å²) < 4.78 is 7.27. The lowest BCUT2D eigenvalue weighted by molar-refractivity contribution is 0.0544. The van der Waals surface area contributed by atoms with Crippen molar-refractivity contribution in [1.82, 2.24) is 19.7 Å². The Balaban J connectivity index is 1.36. The van der Waals surface area contributed by atoms with Gasteiger partial charge in [0.05, 0.1) is 17.2 Å². The van der Waals surface area contributed by atoms with Crippen molar-refractivity contribution < 1.29 is 9.53 Å². The number of hydrogen-bond donors (Lipinski definition) is 1. The second kappa shape index (κ2) is 7.54. The fraction of sp³-hybridized carbons (Fsp3) is 0.360. The third kappa shape index (κ3) is 3.95. The quantitative estimate of drug-likeness (QED) is 0.493. The van der Waals surface area contributed by atoms with Gasteiger partial charge in [-0.3, -0.25) is 14.6 Å². The van der Waals surface area contributed by atoms with E-state index >= 15 is 0 Å². The zero-order chi connectivity index (χ0) is 21.6. The summed E-state index contributed by atoms with van der Waals surface area (Å²) >= 11 is 0. The molecule has 5 rings (SSSR count). The van der Waals surface area contributed by atoms with Crippen molar-refractivity contribution in [3.8, 4) is 0 Å². The number of likely N-dealkylation sites (tertiary alicyclic amines) is 1. The van der Waals surface area contributed by atoms with Crippen LogP contribution >= 0.6 is 0 Å². The molecule has 3 heterocycles. The molecular weight excluding hydrogens is 388 g/mol. The molecule has 2 aromatic heterocycles. The Bertz CT molecular complexity index is 1250. The number of hydrogen-bond acceptors (Lipinski definition) is 4. The van der Waals surface area contributed by atoms with E-state index in [0.29, 0.717) is 5.92 Å². The summed E-state index contributed by atoms with van der Waals surface area (Å²) in [4.78, 5) is 15.2.